The number of hydrogen-bond donors (Lipinski definition) is 1. The summed E-state index contributed by atoms with van der Waals surface area (Å²) in [5.74, 6) is 0.376. The van der Waals surface area contributed by atoms with Gasteiger partial charge in [-0.25, -0.2) is 9.67 Å². The highest BCUT2D eigenvalue weighted by Gasteiger charge is 2.25. The Bertz CT molecular complexity index is 605. The van der Waals surface area contributed by atoms with Gasteiger partial charge in [0.1, 0.15) is 12.4 Å². The first kappa shape index (κ1) is 12.7. The van der Waals surface area contributed by atoms with Crippen LogP contribution in [-0.4, -0.2) is 44.0 Å². The lowest BCUT2D eigenvalue weighted by molar-refractivity contribution is -0.137. The minimum absolute atomic E-state index is 0.109. The highest BCUT2D eigenvalue weighted by Crippen LogP contribution is 2.26. The molecule has 104 valence electrons. The number of ether oxygens (including phenoxy) is 1. The van der Waals surface area contributed by atoms with E-state index in [2.05, 4.69) is 15.1 Å². The van der Waals surface area contributed by atoms with Gasteiger partial charge in [-0.1, -0.05) is 0 Å². The number of carboxylic acid groups (broad SMARTS) is 1. The average Bonchev–Trinajstić information content (AvgIpc) is 3.08. The molecule has 7 heteroatoms. The maximum Gasteiger partial charge on any atom is 0.325 e. The van der Waals surface area contributed by atoms with Crippen molar-refractivity contribution in [2.24, 2.45) is 0 Å². The van der Waals surface area contributed by atoms with Crippen LogP contribution in [0.5, 0.6) is 0 Å². The predicted molar refractivity (Wildman–Crippen MR) is 69.1 cm³/mol. The Morgan fingerprint density at radius 3 is 2.90 bits per heavy atom. The Kier molecular flexibility index (Phi) is 3.42. The van der Waals surface area contributed by atoms with E-state index in [1.54, 1.807) is 24.5 Å². The Morgan fingerprint density at radius 1 is 1.45 bits per heavy atom. The van der Waals surface area contributed by atoms with E-state index in [9.17, 15) is 4.79 Å². The summed E-state index contributed by atoms with van der Waals surface area (Å²) in [6, 6.07) is 3.60. The first-order chi connectivity index (χ1) is 9.74. The number of carbonyl (C=O) groups is 1. The number of pyridine rings is 1. The number of carboxylic acids is 1. The van der Waals surface area contributed by atoms with Crippen molar-refractivity contribution in [3.63, 3.8) is 0 Å². The molecule has 1 aliphatic rings. The molecule has 0 bridgehead atoms. The molecule has 1 atom stereocenters. The fraction of sp³-hybridized carbons (Fsp3) is 0.385. The van der Waals surface area contributed by atoms with E-state index in [0.29, 0.717) is 24.9 Å². The highest BCUT2D eigenvalue weighted by molar-refractivity contribution is 5.66. The molecule has 20 heavy (non-hydrogen) atoms. The molecule has 0 unspecified atom stereocenters. The van der Waals surface area contributed by atoms with Crippen LogP contribution in [0.3, 0.4) is 0 Å². The summed E-state index contributed by atoms with van der Waals surface area (Å²) in [6.45, 7) is 1.05. The van der Waals surface area contributed by atoms with E-state index >= 15 is 0 Å². The summed E-state index contributed by atoms with van der Waals surface area (Å²) in [5.41, 5.74) is 0.823. The maximum atomic E-state index is 11.0. The zero-order chi connectivity index (χ0) is 13.9. The van der Waals surface area contributed by atoms with Crippen LogP contribution in [0.4, 0.5) is 0 Å². The third-order valence-electron chi connectivity index (χ3n) is 3.22. The van der Waals surface area contributed by atoms with Gasteiger partial charge in [0.15, 0.2) is 5.82 Å². The lowest BCUT2D eigenvalue weighted by atomic mass is 10.1. The molecule has 0 aliphatic carbocycles. The molecular weight excluding hydrogens is 260 g/mol. The van der Waals surface area contributed by atoms with E-state index in [-0.39, 0.29) is 12.5 Å². The lowest BCUT2D eigenvalue weighted by Gasteiger charge is -2.07. The molecular formula is C13H14N4O3. The van der Waals surface area contributed by atoms with Crippen molar-refractivity contribution >= 4 is 5.97 Å². The Labute approximate surface area is 115 Å². The number of rotatable bonds is 4. The largest absolute Gasteiger partial charge is 0.480 e. The van der Waals surface area contributed by atoms with Gasteiger partial charge in [-0.2, -0.15) is 5.10 Å². The Morgan fingerprint density at radius 2 is 2.25 bits per heavy atom. The van der Waals surface area contributed by atoms with Gasteiger partial charge in [0.05, 0.1) is 6.61 Å². The van der Waals surface area contributed by atoms with E-state index in [4.69, 9.17) is 9.84 Å². The van der Waals surface area contributed by atoms with Crippen LogP contribution in [-0.2, 0) is 16.1 Å². The van der Waals surface area contributed by atoms with Crippen LogP contribution in [0.2, 0.25) is 0 Å². The average molecular weight is 274 g/mol. The van der Waals surface area contributed by atoms with Crippen LogP contribution in [0.25, 0.3) is 11.4 Å². The zero-order valence-electron chi connectivity index (χ0n) is 10.8. The van der Waals surface area contributed by atoms with Crippen molar-refractivity contribution in [1.29, 1.82) is 0 Å². The molecule has 2 aromatic rings. The van der Waals surface area contributed by atoms with Crippen LogP contribution in [0, 0.1) is 0 Å². The van der Waals surface area contributed by atoms with Gasteiger partial charge >= 0.3 is 5.97 Å². The minimum Gasteiger partial charge on any atom is -0.480 e. The first-order valence-electron chi connectivity index (χ1n) is 6.38. The van der Waals surface area contributed by atoms with Crippen LogP contribution in [0.15, 0.2) is 24.5 Å². The topological polar surface area (TPSA) is 90.1 Å². The van der Waals surface area contributed by atoms with Gasteiger partial charge in [-0.15, -0.1) is 0 Å². The molecule has 1 fully saturated rings. The van der Waals surface area contributed by atoms with E-state index in [1.807, 2.05) is 0 Å². The molecule has 3 heterocycles. The molecule has 1 saturated heterocycles. The third-order valence-corrected chi connectivity index (χ3v) is 3.22. The lowest BCUT2D eigenvalue weighted by Crippen LogP contribution is -2.16. The summed E-state index contributed by atoms with van der Waals surface area (Å²) >= 11 is 0. The van der Waals surface area contributed by atoms with Gasteiger partial charge in [-0.3, -0.25) is 9.78 Å². The second-order valence-corrected chi connectivity index (χ2v) is 4.64. The van der Waals surface area contributed by atoms with Gasteiger partial charge in [0, 0.05) is 30.5 Å². The summed E-state index contributed by atoms with van der Waals surface area (Å²) in [7, 11) is 0. The number of aromatic nitrogens is 4. The molecule has 2 aromatic heterocycles. The van der Waals surface area contributed by atoms with Crippen molar-refractivity contribution in [1.82, 2.24) is 19.7 Å². The fourth-order valence-corrected chi connectivity index (χ4v) is 2.26. The standard InChI is InChI=1S/C13H14N4O3/c18-11(19)7-17-13(10-3-6-20-8-10)15-12(16-17)9-1-4-14-5-2-9/h1-2,4-5,10H,3,6-8H2,(H,18,19)/t10-/m0/s1. The summed E-state index contributed by atoms with van der Waals surface area (Å²) < 4.78 is 6.80. The fourth-order valence-electron chi connectivity index (χ4n) is 2.26. The van der Waals surface area contributed by atoms with Gasteiger partial charge in [0.25, 0.3) is 0 Å². The van der Waals surface area contributed by atoms with Crippen LogP contribution < -0.4 is 0 Å². The van der Waals surface area contributed by atoms with E-state index in [1.165, 1.54) is 4.68 Å². The summed E-state index contributed by atoms with van der Waals surface area (Å²) in [5, 5.41) is 13.3. The quantitative estimate of drug-likeness (QED) is 0.892. The van der Waals surface area contributed by atoms with Gasteiger partial charge in [0.2, 0.25) is 0 Å². The smallest absolute Gasteiger partial charge is 0.325 e. The second-order valence-electron chi connectivity index (χ2n) is 4.64. The number of hydrogen-bond acceptors (Lipinski definition) is 5. The van der Waals surface area contributed by atoms with Crippen molar-refractivity contribution in [2.45, 2.75) is 18.9 Å². The van der Waals surface area contributed by atoms with Crippen LogP contribution in [0.1, 0.15) is 18.2 Å². The summed E-state index contributed by atoms with van der Waals surface area (Å²) in [6.07, 6.45) is 4.16. The Hall–Kier alpha value is -2.28. The Balaban J connectivity index is 1.98. The third kappa shape index (κ3) is 2.53. The molecule has 0 saturated carbocycles. The van der Waals surface area contributed by atoms with E-state index < -0.39 is 5.97 Å². The maximum absolute atomic E-state index is 11.0. The molecule has 0 radical (unpaired) electrons. The monoisotopic (exact) mass is 274 g/mol. The van der Waals surface area contributed by atoms with Crippen molar-refractivity contribution in [3.8, 4) is 11.4 Å². The zero-order valence-corrected chi connectivity index (χ0v) is 10.8. The van der Waals surface area contributed by atoms with Gasteiger partial charge < -0.3 is 9.84 Å². The normalized spacial score (nSPS) is 18.3. The second kappa shape index (κ2) is 5.38. The molecule has 7 nitrogen and oxygen atoms in total. The molecule has 3 rings (SSSR count). The SMILES string of the molecule is O=C(O)Cn1nc(-c2ccncc2)nc1[C@H]1CCOC1. The molecule has 0 spiro atoms. The number of aliphatic carboxylic acids is 1. The molecule has 1 aliphatic heterocycles. The van der Waals surface area contributed by atoms with E-state index in [0.717, 1.165) is 12.0 Å². The van der Waals surface area contributed by atoms with Crippen molar-refractivity contribution < 1.29 is 14.6 Å². The van der Waals surface area contributed by atoms with Crippen LogP contribution >= 0.6 is 0 Å². The number of nitrogens with zero attached hydrogens (tertiary/aromatic N) is 4. The predicted octanol–water partition coefficient (Wildman–Crippen LogP) is 0.929. The highest BCUT2D eigenvalue weighted by atomic mass is 16.5. The van der Waals surface area contributed by atoms with Gasteiger partial charge in [-0.05, 0) is 18.6 Å². The molecule has 0 aromatic carbocycles. The minimum atomic E-state index is -0.934. The first-order valence-corrected chi connectivity index (χ1v) is 6.38. The van der Waals surface area contributed by atoms with Crippen molar-refractivity contribution in [2.75, 3.05) is 13.2 Å². The molecule has 1 N–H and O–H groups in total. The van der Waals surface area contributed by atoms with Crippen molar-refractivity contribution in [3.05, 3.63) is 30.4 Å². The summed E-state index contributed by atoms with van der Waals surface area (Å²) in [4.78, 5) is 19.4. The molecule has 0 amide bonds.